The number of hydrogen-bond acceptors (Lipinski definition) is 4. The first kappa shape index (κ1) is 19.9. The van der Waals surface area contributed by atoms with E-state index in [9.17, 15) is 9.90 Å². The highest BCUT2D eigenvalue weighted by Gasteiger charge is 2.26. The SMILES string of the molecule is CN1CCN(CCCN2c3ccccc3CCc3ccccc32)CC(C(=O)O)C1. The van der Waals surface area contributed by atoms with Crippen molar-refractivity contribution in [1.29, 1.82) is 0 Å². The molecular formula is C24H31N3O2. The smallest absolute Gasteiger partial charge is 0.309 e. The third-order valence-electron chi connectivity index (χ3n) is 6.24. The zero-order valence-corrected chi connectivity index (χ0v) is 17.3. The zero-order valence-electron chi connectivity index (χ0n) is 17.3. The number of nitrogens with zero attached hydrogens (tertiary/aromatic N) is 3. The van der Waals surface area contributed by atoms with E-state index in [0.717, 1.165) is 45.4 Å². The number of carboxylic acid groups (broad SMARTS) is 1. The normalized spacial score (nSPS) is 20.4. The second kappa shape index (κ2) is 8.97. The molecule has 29 heavy (non-hydrogen) atoms. The summed E-state index contributed by atoms with van der Waals surface area (Å²) in [6.07, 6.45) is 3.16. The Balaban J connectivity index is 1.47. The van der Waals surface area contributed by atoms with Gasteiger partial charge < -0.3 is 19.8 Å². The minimum atomic E-state index is -0.681. The number of carbonyl (C=O) groups is 1. The highest BCUT2D eigenvalue weighted by molar-refractivity contribution is 5.71. The number of fused-ring (bicyclic) bond motifs is 2. The van der Waals surface area contributed by atoms with Crippen LogP contribution in [0.2, 0.25) is 0 Å². The molecule has 2 aliphatic heterocycles. The van der Waals surface area contributed by atoms with Crippen LogP contribution in [0.1, 0.15) is 17.5 Å². The summed E-state index contributed by atoms with van der Waals surface area (Å²) in [6.45, 7) is 5.02. The van der Waals surface area contributed by atoms with Crippen LogP contribution in [-0.4, -0.2) is 67.2 Å². The van der Waals surface area contributed by atoms with Gasteiger partial charge in [0.2, 0.25) is 0 Å². The summed E-state index contributed by atoms with van der Waals surface area (Å²) in [5, 5.41) is 9.52. The van der Waals surface area contributed by atoms with Gasteiger partial charge in [0.25, 0.3) is 0 Å². The first-order valence-electron chi connectivity index (χ1n) is 10.7. The molecule has 0 aromatic heterocycles. The van der Waals surface area contributed by atoms with Crippen molar-refractivity contribution in [2.24, 2.45) is 5.92 Å². The van der Waals surface area contributed by atoms with E-state index < -0.39 is 5.97 Å². The minimum absolute atomic E-state index is 0.304. The molecule has 5 nitrogen and oxygen atoms in total. The number of likely N-dealkylation sites (N-methyl/N-ethyl adjacent to an activating group) is 1. The van der Waals surface area contributed by atoms with Gasteiger partial charge in [0, 0.05) is 44.1 Å². The van der Waals surface area contributed by atoms with E-state index in [-0.39, 0.29) is 5.92 Å². The van der Waals surface area contributed by atoms with Gasteiger partial charge in [0.15, 0.2) is 0 Å². The lowest BCUT2D eigenvalue weighted by Gasteiger charge is -2.29. The monoisotopic (exact) mass is 393 g/mol. The fraction of sp³-hybridized carbons (Fsp3) is 0.458. The molecule has 0 bridgehead atoms. The highest BCUT2D eigenvalue weighted by Crippen LogP contribution is 2.35. The molecule has 5 heteroatoms. The molecule has 1 saturated heterocycles. The van der Waals surface area contributed by atoms with Crippen LogP contribution in [0.5, 0.6) is 0 Å². The molecule has 4 rings (SSSR count). The third-order valence-corrected chi connectivity index (χ3v) is 6.24. The number of anilines is 2. The van der Waals surface area contributed by atoms with Crippen LogP contribution in [0, 0.1) is 5.92 Å². The number of rotatable bonds is 5. The highest BCUT2D eigenvalue weighted by atomic mass is 16.4. The van der Waals surface area contributed by atoms with Crippen molar-refractivity contribution in [3.05, 3.63) is 59.7 Å². The molecule has 2 aromatic carbocycles. The average Bonchev–Trinajstić information content (AvgIpc) is 3.01. The molecule has 0 spiro atoms. The van der Waals surface area contributed by atoms with Gasteiger partial charge in [0.1, 0.15) is 0 Å². The fourth-order valence-corrected chi connectivity index (χ4v) is 4.66. The van der Waals surface area contributed by atoms with Crippen molar-refractivity contribution >= 4 is 17.3 Å². The van der Waals surface area contributed by atoms with Crippen molar-refractivity contribution < 1.29 is 9.90 Å². The van der Waals surface area contributed by atoms with Crippen LogP contribution in [0.15, 0.2) is 48.5 Å². The van der Waals surface area contributed by atoms with Crippen molar-refractivity contribution in [3.8, 4) is 0 Å². The molecule has 0 radical (unpaired) electrons. The Bertz CT molecular complexity index is 806. The number of hydrogen-bond donors (Lipinski definition) is 1. The number of aliphatic carboxylic acids is 1. The number of aryl methyl sites for hydroxylation is 2. The maximum absolute atomic E-state index is 11.6. The van der Waals surface area contributed by atoms with E-state index in [0.29, 0.717) is 13.1 Å². The molecule has 0 aliphatic carbocycles. The maximum atomic E-state index is 11.6. The molecule has 2 heterocycles. The average molecular weight is 394 g/mol. The van der Waals surface area contributed by atoms with E-state index in [4.69, 9.17) is 0 Å². The summed E-state index contributed by atoms with van der Waals surface area (Å²) in [4.78, 5) is 18.5. The molecule has 2 aromatic rings. The Hall–Kier alpha value is -2.37. The van der Waals surface area contributed by atoms with Gasteiger partial charge >= 0.3 is 5.97 Å². The third kappa shape index (κ3) is 4.62. The largest absolute Gasteiger partial charge is 0.481 e. The molecule has 154 valence electrons. The number of para-hydroxylation sites is 2. The molecule has 1 atom stereocenters. The van der Waals surface area contributed by atoms with Crippen molar-refractivity contribution in [2.45, 2.75) is 19.3 Å². The van der Waals surface area contributed by atoms with Crippen molar-refractivity contribution in [1.82, 2.24) is 9.80 Å². The van der Waals surface area contributed by atoms with Gasteiger partial charge in [-0.05, 0) is 56.1 Å². The fourth-order valence-electron chi connectivity index (χ4n) is 4.66. The lowest BCUT2D eigenvalue weighted by molar-refractivity contribution is -0.142. The van der Waals surface area contributed by atoms with Crippen molar-refractivity contribution in [2.75, 3.05) is 51.2 Å². The van der Waals surface area contributed by atoms with E-state index in [1.54, 1.807) is 0 Å². The molecular weight excluding hydrogens is 362 g/mol. The molecule has 1 N–H and O–H groups in total. The van der Waals surface area contributed by atoms with E-state index in [2.05, 4.69) is 63.2 Å². The van der Waals surface area contributed by atoms with Crippen LogP contribution in [-0.2, 0) is 17.6 Å². The maximum Gasteiger partial charge on any atom is 0.309 e. The number of carboxylic acids is 1. The first-order chi connectivity index (χ1) is 14.1. The van der Waals surface area contributed by atoms with E-state index in [1.165, 1.54) is 22.5 Å². The lowest BCUT2D eigenvalue weighted by atomic mass is 10.0. The second-order valence-electron chi connectivity index (χ2n) is 8.36. The van der Waals surface area contributed by atoms with Crippen LogP contribution in [0.25, 0.3) is 0 Å². The Morgan fingerprint density at radius 1 is 0.931 bits per heavy atom. The predicted molar refractivity (Wildman–Crippen MR) is 117 cm³/mol. The topological polar surface area (TPSA) is 47.0 Å². The summed E-state index contributed by atoms with van der Waals surface area (Å²) < 4.78 is 0. The predicted octanol–water partition coefficient (Wildman–Crippen LogP) is 3.26. The Morgan fingerprint density at radius 3 is 2.17 bits per heavy atom. The van der Waals surface area contributed by atoms with Gasteiger partial charge in [-0.1, -0.05) is 36.4 Å². The van der Waals surface area contributed by atoms with Gasteiger partial charge in [0.05, 0.1) is 5.92 Å². The molecule has 1 unspecified atom stereocenters. The van der Waals surface area contributed by atoms with Crippen molar-refractivity contribution in [3.63, 3.8) is 0 Å². The lowest BCUT2D eigenvalue weighted by Crippen LogP contribution is -2.35. The standard InChI is InChI=1S/C24H31N3O2/c1-25-15-16-26(18-21(17-25)24(28)29)13-6-14-27-22-9-4-2-7-19(22)11-12-20-8-3-5-10-23(20)27/h2-5,7-10,21H,6,11-18H2,1H3,(H,28,29). The van der Waals surface area contributed by atoms with Crippen LogP contribution in [0.3, 0.4) is 0 Å². The second-order valence-corrected chi connectivity index (χ2v) is 8.36. The van der Waals surface area contributed by atoms with Crippen LogP contribution >= 0.6 is 0 Å². The van der Waals surface area contributed by atoms with Gasteiger partial charge in [-0.3, -0.25) is 4.79 Å². The zero-order chi connectivity index (χ0) is 20.2. The van der Waals surface area contributed by atoms with E-state index in [1.807, 2.05) is 7.05 Å². The Labute approximate surface area is 173 Å². The molecule has 2 aliphatic rings. The molecule has 1 fully saturated rings. The Kier molecular flexibility index (Phi) is 6.16. The number of benzene rings is 2. The van der Waals surface area contributed by atoms with Crippen LogP contribution < -0.4 is 4.90 Å². The summed E-state index contributed by atoms with van der Waals surface area (Å²) in [6, 6.07) is 17.5. The Morgan fingerprint density at radius 2 is 1.55 bits per heavy atom. The minimum Gasteiger partial charge on any atom is -0.481 e. The molecule has 0 amide bonds. The summed E-state index contributed by atoms with van der Waals surface area (Å²) in [5.74, 6) is -0.985. The van der Waals surface area contributed by atoms with Gasteiger partial charge in [-0.15, -0.1) is 0 Å². The summed E-state index contributed by atoms with van der Waals surface area (Å²) in [5.41, 5.74) is 5.45. The van der Waals surface area contributed by atoms with E-state index >= 15 is 0 Å². The summed E-state index contributed by atoms with van der Waals surface area (Å²) in [7, 11) is 2.02. The quantitative estimate of drug-likeness (QED) is 0.845. The van der Waals surface area contributed by atoms with Gasteiger partial charge in [-0.2, -0.15) is 0 Å². The first-order valence-corrected chi connectivity index (χ1v) is 10.7. The molecule has 0 saturated carbocycles. The van der Waals surface area contributed by atoms with Crippen LogP contribution in [0.4, 0.5) is 11.4 Å². The van der Waals surface area contributed by atoms with Gasteiger partial charge in [-0.25, -0.2) is 0 Å². The summed E-state index contributed by atoms with van der Waals surface area (Å²) >= 11 is 0.